The summed E-state index contributed by atoms with van der Waals surface area (Å²) < 4.78 is 5.18. The first-order valence-electron chi connectivity index (χ1n) is 8.14. The lowest BCUT2D eigenvalue weighted by molar-refractivity contribution is -0.127. The minimum absolute atomic E-state index is 0.302. The van der Waals surface area contributed by atoms with Crippen molar-refractivity contribution in [2.24, 2.45) is 4.99 Å². The van der Waals surface area contributed by atoms with Crippen LogP contribution in [-0.2, 0) is 11.2 Å². The normalized spacial score (nSPS) is 22.5. The minimum Gasteiger partial charge on any atom is -0.497 e. The molecule has 134 valence electrons. The Labute approximate surface area is 147 Å². The molecule has 0 aliphatic carbocycles. The molecule has 1 saturated heterocycles. The zero-order valence-corrected chi connectivity index (χ0v) is 14.9. The smallest absolute Gasteiger partial charge is 0.325 e. The number of fused-ring (bicyclic) bond motifs is 1. The van der Waals surface area contributed by atoms with Gasteiger partial charge in [-0.05, 0) is 24.1 Å². The number of aliphatic imine (C=N–C) groups is 1. The van der Waals surface area contributed by atoms with Gasteiger partial charge in [-0.25, -0.2) is 9.79 Å². The molecule has 3 amide bonds. The number of guanidine groups is 1. The van der Waals surface area contributed by atoms with E-state index in [2.05, 4.69) is 10.3 Å². The van der Waals surface area contributed by atoms with Crippen LogP contribution in [0.5, 0.6) is 5.75 Å². The Balaban J connectivity index is 1.79. The number of nitrogens with zero attached hydrogens (tertiary/aromatic N) is 4. The van der Waals surface area contributed by atoms with E-state index in [1.165, 1.54) is 4.90 Å². The van der Waals surface area contributed by atoms with Crippen molar-refractivity contribution in [3.63, 3.8) is 0 Å². The first kappa shape index (κ1) is 17.1. The molecule has 1 aromatic rings. The van der Waals surface area contributed by atoms with Crippen molar-refractivity contribution in [2.75, 3.05) is 34.8 Å². The number of carbonyl (C=O) groups excluding carboxylic acids is 2. The maximum atomic E-state index is 12.4. The van der Waals surface area contributed by atoms with Crippen LogP contribution < -0.4 is 10.1 Å². The fourth-order valence-electron chi connectivity index (χ4n) is 3.16. The van der Waals surface area contributed by atoms with Gasteiger partial charge in [-0.2, -0.15) is 0 Å². The van der Waals surface area contributed by atoms with E-state index in [1.54, 1.807) is 14.2 Å². The molecule has 3 rings (SSSR count). The van der Waals surface area contributed by atoms with Gasteiger partial charge in [-0.3, -0.25) is 10.1 Å². The number of hydrogen-bond donors (Lipinski definition) is 1. The number of amides is 3. The molecule has 1 fully saturated rings. The van der Waals surface area contributed by atoms with Crippen LogP contribution in [0.25, 0.3) is 0 Å². The highest BCUT2D eigenvalue weighted by Crippen LogP contribution is 2.25. The zero-order chi connectivity index (χ0) is 18.1. The number of methoxy groups -OCH3 is 1. The molecule has 8 nitrogen and oxygen atoms in total. The van der Waals surface area contributed by atoms with Crippen LogP contribution in [0.15, 0.2) is 29.3 Å². The maximum absolute atomic E-state index is 12.4. The van der Waals surface area contributed by atoms with Crippen LogP contribution >= 0.6 is 0 Å². The fraction of sp³-hybridized carbons (Fsp3) is 0.471. The fourth-order valence-corrected chi connectivity index (χ4v) is 3.16. The third-order valence-electron chi connectivity index (χ3n) is 4.54. The van der Waals surface area contributed by atoms with E-state index < -0.39 is 18.2 Å². The van der Waals surface area contributed by atoms with Crippen LogP contribution in [0.1, 0.15) is 5.56 Å². The lowest BCUT2D eigenvalue weighted by atomic mass is 10.1. The molecule has 25 heavy (non-hydrogen) atoms. The Kier molecular flexibility index (Phi) is 4.52. The number of hydrogen-bond acceptors (Lipinski definition) is 6. The summed E-state index contributed by atoms with van der Waals surface area (Å²) in [5, 5.41) is 2.40. The van der Waals surface area contributed by atoms with Crippen LogP contribution in [0.2, 0.25) is 0 Å². The highest BCUT2D eigenvalue weighted by atomic mass is 16.5. The summed E-state index contributed by atoms with van der Waals surface area (Å²) in [7, 11) is 7.06. The number of urea groups is 1. The van der Waals surface area contributed by atoms with Gasteiger partial charge in [-0.1, -0.05) is 12.1 Å². The standard InChI is InChI=1S/C17H23N5O3/c1-20(2)16-18-14-13(15(23)19-17(24)21(14)3)22(16)10-9-11-5-7-12(25-4)8-6-11/h5-8,13-14H,9-10H2,1-4H3,(H,19,23,24). The summed E-state index contributed by atoms with van der Waals surface area (Å²) in [6.07, 6.45) is 0.264. The summed E-state index contributed by atoms with van der Waals surface area (Å²) in [5.41, 5.74) is 1.14. The molecule has 1 aromatic carbocycles. The molecular weight excluding hydrogens is 322 g/mol. The number of rotatable bonds is 4. The van der Waals surface area contributed by atoms with E-state index in [9.17, 15) is 9.59 Å². The molecule has 0 radical (unpaired) electrons. The highest BCUT2D eigenvalue weighted by Gasteiger charge is 2.48. The molecule has 0 saturated carbocycles. The van der Waals surface area contributed by atoms with Crippen LogP contribution in [0, 0.1) is 0 Å². The van der Waals surface area contributed by atoms with E-state index >= 15 is 0 Å². The molecule has 0 aromatic heterocycles. The van der Waals surface area contributed by atoms with Crippen molar-refractivity contribution in [1.82, 2.24) is 20.0 Å². The first-order valence-corrected chi connectivity index (χ1v) is 8.14. The van der Waals surface area contributed by atoms with Crippen LogP contribution in [0.4, 0.5) is 4.79 Å². The summed E-state index contributed by atoms with van der Waals surface area (Å²) in [5.74, 6) is 1.22. The predicted octanol–water partition coefficient (Wildman–Crippen LogP) is 0.347. The monoisotopic (exact) mass is 345 g/mol. The topological polar surface area (TPSA) is 77.5 Å². The molecule has 2 heterocycles. The van der Waals surface area contributed by atoms with Gasteiger partial charge in [0.15, 0.2) is 18.2 Å². The number of likely N-dealkylation sites (N-methyl/N-ethyl adjacent to an activating group) is 1. The van der Waals surface area contributed by atoms with Crippen molar-refractivity contribution in [2.45, 2.75) is 18.6 Å². The van der Waals surface area contributed by atoms with Crippen molar-refractivity contribution in [1.29, 1.82) is 0 Å². The molecule has 2 aliphatic heterocycles. The van der Waals surface area contributed by atoms with E-state index in [0.29, 0.717) is 12.5 Å². The first-order chi connectivity index (χ1) is 11.9. The Morgan fingerprint density at radius 3 is 2.52 bits per heavy atom. The molecule has 1 N–H and O–H groups in total. The zero-order valence-electron chi connectivity index (χ0n) is 14.9. The maximum Gasteiger partial charge on any atom is 0.325 e. The summed E-state index contributed by atoms with van der Waals surface area (Å²) >= 11 is 0. The number of ether oxygens (including phenoxy) is 1. The van der Waals surface area contributed by atoms with Gasteiger partial charge in [0, 0.05) is 27.7 Å². The molecule has 0 bridgehead atoms. The molecule has 2 unspecified atom stereocenters. The predicted molar refractivity (Wildman–Crippen MR) is 93.4 cm³/mol. The molecule has 2 atom stereocenters. The second-order valence-electron chi connectivity index (χ2n) is 6.38. The van der Waals surface area contributed by atoms with Crippen molar-refractivity contribution < 1.29 is 14.3 Å². The molecule has 2 aliphatic rings. The second kappa shape index (κ2) is 6.62. The van der Waals surface area contributed by atoms with E-state index in [4.69, 9.17) is 4.74 Å². The van der Waals surface area contributed by atoms with Crippen LogP contribution in [0.3, 0.4) is 0 Å². The second-order valence-corrected chi connectivity index (χ2v) is 6.38. The third kappa shape index (κ3) is 3.11. The van der Waals surface area contributed by atoms with Gasteiger partial charge < -0.3 is 19.4 Å². The van der Waals surface area contributed by atoms with Gasteiger partial charge in [0.05, 0.1) is 7.11 Å². The molecular formula is C17H23N5O3. The Morgan fingerprint density at radius 1 is 1.24 bits per heavy atom. The highest BCUT2D eigenvalue weighted by molar-refractivity contribution is 6.03. The molecule has 0 spiro atoms. The van der Waals surface area contributed by atoms with E-state index in [1.807, 2.05) is 48.2 Å². The van der Waals surface area contributed by atoms with Gasteiger partial charge in [-0.15, -0.1) is 0 Å². The quantitative estimate of drug-likeness (QED) is 0.852. The largest absolute Gasteiger partial charge is 0.497 e. The minimum atomic E-state index is -0.502. The lowest BCUT2D eigenvalue weighted by Gasteiger charge is -2.36. The van der Waals surface area contributed by atoms with E-state index in [-0.39, 0.29) is 5.91 Å². The lowest BCUT2D eigenvalue weighted by Crippen LogP contribution is -2.64. The molecule has 8 heteroatoms. The van der Waals surface area contributed by atoms with Crippen molar-refractivity contribution in [3.8, 4) is 5.75 Å². The van der Waals surface area contributed by atoms with Crippen LogP contribution in [-0.4, -0.2) is 79.6 Å². The van der Waals surface area contributed by atoms with Gasteiger partial charge in [0.2, 0.25) is 0 Å². The Morgan fingerprint density at radius 2 is 1.92 bits per heavy atom. The summed E-state index contributed by atoms with van der Waals surface area (Å²) in [6.45, 7) is 0.625. The Hall–Kier alpha value is -2.77. The number of carbonyl (C=O) groups is 2. The third-order valence-corrected chi connectivity index (χ3v) is 4.54. The Bertz CT molecular complexity index is 701. The van der Waals surface area contributed by atoms with Gasteiger partial charge >= 0.3 is 6.03 Å². The average Bonchev–Trinajstić information content (AvgIpc) is 2.99. The number of imide groups is 1. The average molecular weight is 345 g/mol. The summed E-state index contributed by atoms with van der Waals surface area (Å²) in [4.78, 5) is 34.2. The van der Waals surface area contributed by atoms with E-state index in [0.717, 1.165) is 17.7 Å². The SMILES string of the molecule is COc1ccc(CCN2C(N(C)C)=NC3C2C(=O)NC(=O)N3C)cc1. The van der Waals surface area contributed by atoms with Gasteiger partial charge in [0.25, 0.3) is 5.91 Å². The number of nitrogens with one attached hydrogen (secondary N) is 1. The number of benzene rings is 1. The van der Waals surface area contributed by atoms with Gasteiger partial charge in [0.1, 0.15) is 5.75 Å². The van der Waals surface area contributed by atoms with Crippen molar-refractivity contribution >= 4 is 17.9 Å². The summed E-state index contributed by atoms with van der Waals surface area (Å²) in [6, 6.07) is 6.94. The van der Waals surface area contributed by atoms with Crippen molar-refractivity contribution in [3.05, 3.63) is 29.8 Å².